The van der Waals surface area contributed by atoms with Crippen LogP contribution in [0.2, 0.25) is 0 Å². The molecular weight excluding hydrogens is 487 g/mol. The summed E-state index contributed by atoms with van der Waals surface area (Å²) in [6.07, 6.45) is 8.55. The molecule has 202 valence electrons. The number of cyclic esters (lactones) is 1. The summed E-state index contributed by atoms with van der Waals surface area (Å²) < 4.78 is 22.7. The molecule has 1 aliphatic heterocycles. The molecule has 1 aliphatic carbocycles. The molecule has 5 rings (SSSR count). The lowest BCUT2D eigenvalue weighted by atomic mass is 9.73. The van der Waals surface area contributed by atoms with Crippen molar-refractivity contribution in [2.75, 3.05) is 6.61 Å². The van der Waals surface area contributed by atoms with Crippen molar-refractivity contribution in [2.45, 2.75) is 83.2 Å². The summed E-state index contributed by atoms with van der Waals surface area (Å²) in [5.74, 6) is -1.08. The normalized spacial score (nSPS) is 22.8. The second-order valence-corrected chi connectivity index (χ2v) is 11.6. The number of fused-ring (bicyclic) bond motifs is 1. The smallest absolute Gasteiger partial charge is 0.317 e. The number of rotatable bonds is 8. The van der Waals surface area contributed by atoms with Crippen LogP contribution in [0.25, 0.3) is 5.78 Å². The molecule has 2 unspecified atom stereocenters. The Kier molecular flexibility index (Phi) is 7.07. The van der Waals surface area contributed by atoms with E-state index in [9.17, 15) is 19.1 Å². The Morgan fingerprint density at radius 1 is 1.24 bits per heavy atom. The zero-order valence-corrected chi connectivity index (χ0v) is 22.2. The van der Waals surface area contributed by atoms with Crippen LogP contribution in [0.5, 0.6) is 0 Å². The Morgan fingerprint density at radius 3 is 2.68 bits per heavy atom. The molecule has 1 saturated carbocycles. The standard InChI is InChI=1S/C29H35FN4O4/c1-18-15-31-27-32-25(33-34(27)16-18)13-21-24(36)14-29(38-26(21)37,20-6-4-5-7-20)11-10-19-8-9-22(23(30)12-19)28(2,3)17-35/h8-9,12,15-16,20-21,35H,4-7,10-11,13-14,17H2,1-3H3. The fourth-order valence-corrected chi connectivity index (χ4v) is 5.97. The van der Waals surface area contributed by atoms with Gasteiger partial charge in [0.2, 0.25) is 0 Å². The van der Waals surface area contributed by atoms with E-state index in [-0.39, 0.29) is 37.0 Å². The van der Waals surface area contributed by atoms with Crippen LogP contribution < -0.4 is 0 Å². The first-order valence-electron chi connectivity index (χ1n) is 13.4. The van der Waals surface area contributed by atoms with E-state index in [1.54, 1.807) is 36.8 Å². The van der Waals surface area contributed by atoms with Gasteiger partial charge in [-0.3, -0.25) is 9.59 Å². The fourth-order valence-electron chi connectivity index (χ4n) is 5.97. The monoisotopic (exact) mass is 522 g/mol. The summed E-state index contributed by atoms with van der Waals surface area (Å²) in [6.45, 7) is 5.33. The highest BCUT2D eigenvalue weighted by molar-refractivity contribution is 6.01. The number of hydrogen-bond donors (Lipinski definition) is 1. The third-order valence-electron chi connectivity index (χ3n) is 8.30. The van der Waals surface area contributed by atoms with Gasteiger partial charge in [0.15, 0.2) is 11.6 Å². The SMILES string of the molecule is Cc1cnc2nc(CC3C(=O)CC(CCc4ccc(C(C)(C)CO)c(F)c4)(C4CCCC4)OC3=O)nn2c1. The predicted octanol–water partition coefficient (Wildman–Crippen LogP) is 4.08. The zero-order valence-electron chi connectivity index (χ0n) is 22.2. The molecule has 8 nitrogen and oxygen atoms in total. The average molecular weight is 523 g/mol. The number of benzene rings is 1. The van der Waals surface area contributed by atoms with Gasteiger partial charge in [0, 0.05) is 30.7 Å². The number of Topliss-reactive ketones (excluding diaryl/α,β-unsaturated/α-hetero) is 1. The van der Waals surface area contributed by atoms with Gasteiger partial charge in [-0.2, -0.15) is 4.98 Å². The maximum Gasteiger partial charge on any atom is 0.317 e. The Balaban J connectivity index is 1.34. The fraction of sp³-hybridized carbons (Fsp3) is 0.552. The second-order valence-electron chi connectivity index (χ2n) is 11.6. The highest BCUT2D eigenvalue weighted by Crippen LogP contribution is 2.45. The minimum Gasteiger partial charge on any atom is -0.458 e. The number of aromatic nitrogens is 4. The topological polar surface area (TPSA) is 107 Å². The van der Waals surface area contributed by atoms with Crippen LogP contribution in [0.15, 0.2) is 30.6 Å². The van der Waals surface area contributed by atoms with E-state index >= 15 is 0 Å². The van der Waals surface area contributed by atoms with Crippen LogP contribution in [0, 0.1) is 24.6 Å². The minimum atomic E-state index is -0.944. The largest absolute Gasteiger partial charge is 0.458 e. The number of ether oxygens (including phenoxy) is 1. The van der Waals surface area contributed by atoms with Gasteiger partial charge in [0.1, 0.15) is 17.3 Å². The molecule has 0 bridgehead atoms. The third kappa shape index (κ3) is 5.08. The van der Waals surface area contributed by atoms with E-state index in [1.165, 1.54) is 6.07 Å². The maximum atomic E-state index is 14.9. The summed E-state index contributed by atoms with van der Waals surface area (Å²) in [6, 6.07) is 5.07. The molecule has 2 atom stereocenters. The molecular formula is C29H35FN4O4. The van der Waals surface area contributed by atoms with Crippen LogP contribution in [-0.2, 0) is 32.6 Å². The van der Waals surface area contributed by atoms with Crippen molar-refractivity contribution in [3.63, 3.8) is 0 Å². The van der Waals surface area contributed by atoms with Gasteiger partial charge in [-0.1, -0.05) is 38.8 Å². The Labute approximate surface area is 221 Å². The van der Waals surface area contributed by atoms with Crippen LogP contribution >= 0.6 is 0 Å². The lowest BCUT2D eigenvalue weighted by Gasteiger charge is -2.43. The third-order valence-corrected chi connectivity index (χ3v) is 8.30. The highest BCUT2D eigenvalue weighted by Gasteiger charge is 2.51. The number of ketones is 1. The first-order chi connectivity index (χ1) is 18.1. The van der Waals surface area contributed by atoms with Gasteiger partial charge >= 0.3 is 5.97 Å². The molecule has 3 aromatic rings. The van der Waals surface area contributed by atoms with Gasteiger partial charge in [0.05, 0.1) is 6.61 Å². The maximum absolute atomic E-state index is 14.9. The average Bonchev–Trinajstić information content (AvgIpc) is 3.55. The van der Waals surface area contributed by atoms with Gasteiger partial charge in [0.25, 0.3) is 5.78 Å². The highest BCUT2D eigenvalue weighted by atomic mass is 19.1. The van der Waals surface area contributed by atoms with Crippen molar-refractivity contribution in [2.24, 2.45) is 11.8 Å². The van der Waals surface area contributed by atoms with Crippen molar-refractivity contribution in [1.82, 2.24) is 19.6 Å². The number of hydrogen-bond acceptors (Lipinski definition) is 7. The Bertz CT molecular complexity index is 1340. The van der Waals surface area contributed by atoms with Crippen molar-refractivity contribution in [1.29, 1.82) is 0 Å². The summed E-state index contributed by atoms with van der Waals surface area (Å²) in [7, 11) is 0. The summed E-state index contributed by atoms with van der Waals surface area (Å²) in [5.41, 5.74) is 0.599. The molecule has 9 heteroatoms. The van der Waals surface area contributed by atoms with Gasteiger partial charge < -0.3 is 9.84 Å². The first kappa shape index (κ1) is 26.4. The Morgan fingerprint density at radius 2 is 2.00 bits per heavy atom. The van der Waals surface area contributed by atoms with Crippen molar-refractivity contribution >= 4 is 17.5 Å². The summed E-state index contributed by atoms with van der Waals surface area (Å²) in [4.78, 5) is 35.4. The lowest BCUT2D eigenvalue weighted by Crippen LogP contribution is -2.52. The quantitative estimate of drug-likeness (QED) is 0.351. The van der Waals surface area contributed by atoms with Crippen LogP contribution in [-0.4, -0.2) is 48.6 Å². The van der Waals surface area contributed by atoms with Crippen LogP contribution in [0.1, 0.15) is 74.9 Å². The molecule has 3 heterocycles. The van der Waals surface area contributed by atoms with E-state index in [4.69, 9.17) is 4.74 Å². The number of aliphatic hydroxyl groups is 1. The summed E-state index contributed by atoms with van der Waals surface area (Å²) in [5, 5.41) is 14.0. The van der Waals surface area contributed by atoms with Gasteiger partial charge in [-0.25, -0.2) is 13.9 Å². The number of aryl methyl sites for hydroxylation is 2. The number of nitrogens with zero attached hydrogens (tertiary/aromatic N) is 4. The van der Waals surface area contributed by atoms with Crippen molar-refractivity contribution in [3.8, 4) is 0 Å². The number of carbonyl (C=O) groups excluding carboxylic acids is 2. The van der Waals surface area contributed by atoms with Crippen LogP contribution in [0.4, 0.5) is 4.39 Å². The number of aliphatic hydroxyl groups excluding tert-OH is 1. The Hall–Kier alpha value is -3.20. The minimum absolute atomic E-state index is 0.0775. The number of carbonyl (C=O) groups is 2. The summed E-state index contributed by atoms with van der Waals surface area (Å²) >= 11 is 0. The molecule has 0 radical (unpaired) electrons. The molecule has 2 aliphatic rings. The zero-order chi connectivity index (χ0) is 27.1. The molecule has 1 saturated heterocycles. The molecule has 2 aromatic heterocycles. The van der Waals surface area contributed by atoms with E-state index in [0.717, 1.165) is 36.8 Å². The first-order valence-corrected chi connectivity index (χ1v) is 13.4. The van der Waals surface area contributed by atoms with E-state index in [1.807, 2.05) is 13.0 Å². The number of halogens is 1. The van der Waals surface area contributed by atoms with E-state index in [2.05, 4.69) is 15.1 Å². The van der Waals surface area contributed by atoms with Crippen molar-refractivity contribution < 1.29 is 23.8 Å². The predicted molar refractivity (Wildman–Crippen MR) is 138 cm³/mol. The van der Waals surface area contributed by atoms with Crippen LogP contribution in [0.3, 0.4) is 0 Å². The molecule has 38 heavy (non-hydrogen) atoms. The van der Waals surface area contributed by atoms with E-state index in [0.29, 0.717) is 30.0 Å². The van der Waals surface area contributed by atoms with Crippen molar-refractivity contribution in [3.05, 3.63) is 58.9 Å². The molecule has 2 fully saturated rings. The molecule has 1 N–H and O–H groups in total. The molecule has 1 aromatic carbocycles. The van der Waals surface area contributed by atoms with Gasteiger partial charge in [-0.05, 0) is 61.3 Å². The van der Waals surface area contributed by atoms with Gasteiger partial charge in [-0.15, -0.1) is 5.10 Å². The van der Waals surface area contributed by atoms with E-state index < -0.39 is 22.9 Å². The lowest BCUT2D eigenvalue weighted by molar-refractivity contribution is -0.185. The second kappa shape index (κ2) is 10.2. The molecule has 0 amide bonds. The number of esters is 1. The molecule has 0 spiro atoms.